The van der Waals surface area contributed by atoms with Crippen molar-refractivity contribution in [1.29, 1.82) is 0 Å². The number of phenolic OH excluding ortho intramolecular Hbond substituents is 2. The standard InChI is InChI=1S/C44H56N2O2/c1-27-17-15-19-35(45-25-29-21-31(41(3,4)5)23-33(39(29)47)43(9,10)11)37(27)38-28(2)18-16-20-36(38)46-26-30-22-32(42(6,7)8)24-34(40(30)48)44(12,13)14/h15-26,47-48H,1-14H3. The number of rotatable bonds is 5. The molecule has 0 atom stereocenters. The molecule has 0 radical (unpaired) electrons. The molecule has 0 saturated heterocycles. The molecule has 4 aromatic rings. The number of hydrogen-bond donors (Lipinski definition) is 2. The molecule has 0 bridgehead atoms. The van der Waals surface area contributed by atoms with Gasteiger partial charge in [0.25, 0.3) is 0 Å². The second-order valence-electron chi connectivity index (χ2n) is 17.4. The van der Waals surface area contributed by atoms with E-state index in [1.807, 2.05) is 24.3 Å². The van der Waals surface area contributed by atoms with E-state index in [-0.39, 0.29) is 33.2 Å². The second kappa shape index (κ2) is 13.0. The van der Waals surface area contributed by atoms with E-state index in [1.165, 1.54) is 0 Å². The summed E-state index contributed by atoms with van der Waals surface area (Å²) in [5.41, 5.74) is 10.6. The van der Waals surface area contributed by atoms with Crippen LogP contribution in [-0.2, 0) is 21.7 Å². The van der Waals surface area contributed by atoms with Crippen LogP contribution < -0.4 is 0 Å². The van der Waals surface area contributed by atoms with Crippen LogP contribution in [0.4, 0.5) is 11.4 Å². The van der Waals surface area contributed by atoms with E-state index in [0.29, 0.717) is 11.1 Å². The fourth-order valence-corrected chi connectivity index (χ4v) is 5.97. The Bertz CT molecular complexity index is 1740. The lowest BCUT2D eigenvalue weighted by Gasteiger charge is -2.27. The van der Waals surface area contributed by atoms with Crippen LogP contribution in [0.5, 0.6) is 11.5 Å². The maximum absolute atomic E-state index is 11.4. The molecule has 0 spiro atoms. The first-order valence-corrected chi connectivity index (χ1v) is 17.0. The molecule has 0 aliphatic rings. The Kier molecular flexibility index (Phi) is 9.95. The molecule has 0 aromatic heterocycles. The summed E-state index contributed by atoms with van der Waals surface area (Å²) < 4.78 is 0. The highest BCUT2D eigenvalue weighted by molar-refractivity contribution is 5.95. The first kappa shape index (κ1) is 36.7. The predicted molar refractivity (Wildman–Crippen MR) is 207 cm³/mol. The molecule has 4 aromatic carbocycles. The van der Waals surface area contributed by atoms with Gasteiger partial charge in [0.15, 0.2) is 0 Å². The third-order valence-corrected chi connectivity index (χ3v) is 9.06. The van der Waals surface area contributed by atoms with Crippen LogP contribution >= 0.6 is 0 Å². The number of benzene rings is 4. The van der Waals surface area contributed by atoms with E-state index in [1.54, 1.807) is 12.4 Å². The maximum Gasteiger partial charge on any atom is 0.128 e. The zero-order chi connectivity index (χ0) is 36.0. The molecular weight excluding hydrogens is 588 g/mol. The van der Waals surface area contributed by atoms with Gasteiger partial charge in [0, 0.05) is 45.8 Å². The van der Waals surface area contributed by atoms with Gasteiger partial charge in [-0.25, -0.2) is 0 Å². The van der Waals surface area contributed by atoms with E-state index in [9.17, 15) is 10.2 Å². The zero-order valence-electron chi connectivity index (χ0n) is 31.7. The minimum Gasteiger partial charge on any atom is -0.507 e. The van der Waals surface area contributed by atoms with Crippen molar-refractivity contribution in [2.24, 2.45) is 9.98 Å². The number of aromatic hydroxyl groups is 2. The lowest BCUT2D eigenvalue weighted by molar-refractivity contribution is 0.443. The minimum atomic E-state index is -0.231. The molecule has 0 heterocycles. The molecule has 0 amide bonds. The summed E-state index contributed by atoms with van der Waals surface area (Å²) in [6.07, 6.45) is 3.59. The Hall–Kier alpha value is -4.18. The van der Waals surface area contributed by atoms with Crippen molar-refractivity contribution in [3.63, 3.8) is 0 Å². The Balaban J connectivity index is 1.90. The number of phenols is 2. The normalized spacial score (nSPS) is 13.2. The van der Waals surface area contributed by atoms with E-state index < -0.39 is 0 Å². The molecule has 0 aliphatic carbocycles. The van der Waals surface area contributed by atoms with Crippen molar-refractivity contribution >= 4 is 23.8 Å². The maximum atomic E-state index is 11.4. The number of aliphatic imine (C=N–C) groups is 2. The van der Waals surface area contributed by atoms with Gasteiger partial charge in [-0.1, -0.05) is 119 Å². The summed E-state index contributed by atoms with van der Waals surface area (Å²) in [5.74, 6) is 0.531. The molecule has 4 nitrogen and oxygen atoms in total. The molecule has 48 heavy (non-hydrogen) atoms. The van der Waals surface area contributed by atoms with Crippen molar-refractivity contribution in [2.75, 3.05) is 0 Å². The van der Waals surface area contributed by atoms with Gasteiger partial charge in [-0.2, -0.15) is 0 Å². The molecule has 4 heteroatoms. The average molecular weight is 645 g/mol. The van der Waals surface area contributed by atoms with Crippen molar-refractivity contribution in [3.05, 3.63) is 105 Å². The first-order chi connectivity index (χ1) is 22.0. The van der Waals surface area contributed by atoms with Gasteiger partial charge < -0.3 is 10.2 Å². The highest BCUT2D eigenvalue weighted by Gasteiger charge is 2.26. The Morgan fingerprint density at radius 2 is 0.812 bits per heavy atom. The van der Waals surface area contributed by atoms with Gasteiger partial charge in [-0.3, -0.25) is 9.98 Å². The Labute approximate surface area is 289 Å². The van der Waals surface area contributed by atoms with E-state index in [4.69, 9.17) is 9.98 Å². The lowest BCUT2D eigenvalue weighted by atomic mass is 9.79. The smallest absolute Gasteiger partial charge is 0.128 e. The summed E-state index contributed by atoms with van der Waals surface area (Å²) in [6, 6.07) is 20.6. The summed E-state index contributed by atoms with van der Waals surface area (Å²) in [5, 5.41) is 22.9. The molecule has 0 unspecified atom stereocenters. The largest absolute Gasteiger partial charge is 0.507 e. The SMILES string of the molecule is Cc1cccc(N=Cc2cc(C(C)(C)C)cc(C(C)(C)C)c2O)c1-c1c(C)cccc1N=Cc1cc(C(C)(C)C)cc(C(C)(C)C)c1O. The van der Waals surface area contributed by atoms with Crippen LogP contribution in [-0.4, -0.2) is 22.6 Å². The monoisotopic (exact) mass is 644 g/mol. The van der Waals surface area contributed by atoms with Gasteiger partial charge in [0.05, 0.1) is 11.4 Å². The van der Waals surface area contributed by atoms with Gasteiger partial charge in [0.2, 0.25) is 0 Å². The lowest BCUT2D eigenvalue weighted by Crippen LogP contribution is -2.17. The number of nitrogens with zero attached hydrogens (tertiary/aromatic N) is 2. The van der Waals surface area contributed by atoms with Crippen LogP contribution in [0.25, 0.3) is 11.1 Å². The quantitative estimate of drug-likeness (QED) is 0.212. The average Bonchev–Trinajstić information content (AvgIpc) is 2.94. The summed E-state index contributed by atoms with van der Waals surface area (Å²) in [7, 11) is 0. The second-order valence-corrected chi connectivity index (χ2v) is 17.4. The van der Waals surface area contributed by atoms with Crippen LogP contribution in [0.3, 0.4) is 0 Å². The van der Waals surface area contributed by atoms with Crippen LogP contribution in [0, 0.1) is 13.8 Å². The molecule has 254 valence electrons. The van der Waals surface area contributed by atoms with Crippen molar-refractivity contribution in [3.8, 4) is 22.6 Å². The third kappa shape index (κ3) is 7.92. The Morgan fingerprint density at radius 1 is 0.479 bits per heavy atom. The van der Waals surface area contributed by atoms with Crippen molar-refractivity contribution < 1.29 is 10.2 Å². The predicted octanol–water partition coefficient (Wildman–Crippen LogP) is 12.1. The van der Waals surface area contributed by atoms with Crippen molar-refractivity contribution in [1.82, 2.24) is 0 Å². The van der Waals surface area contributed by atoms with Gasteiger partial charge in [-0.15, -0.1) is 0 Å². The van der Waals surface area contributed by atoms with Gasteiger partial charge in [-0.05, 0) is 82.0 Å². The highest BCUT2D eigenvalue weighted by atomic mass is 16.3. The van der Waals surface area contributed by atoms with Crippen LogP contribution in [0.1, 0.15) is 128 Å². The van der Waals surface area contributed by atoms with E-state index in [0.717, 1.165) is 55.9 Å². The molecule has 4 rings (SSSR count). The summed E-state index contributed by atoms with van der Waals surface area (Å²) in [4.78, 5) is 10.1. The zero-order valence-corrected chi connectivity index (χ0v) is 31.7. The molecule has 0 saturated carbocycles. The van der Waals surface area contributed by atoms with Crippen molar-refractivity contribution in [2.45, 2.75) is 119 Å². The van der Waals surface area contributed by atoms with Crippen LogP contribution in [0.15, 0.2) is 70.6 Å². The first-order valence-electron chi connectivity index (χ1n) is 17.0. The van der Waals surface area contributed by atoms with Gasteiger partial charge in [0.1, 0.15) is 11.5 Å². The number of aryl methyl sites for hydroxylation is 2. The highest BCUT2D eigenvalue weighted by Crippen LogP contribution is 2.43. The topological polar surface area (TPSA) is 65.2 Å². The summed E-state index contributed by atoms with van der Waals surface area (Å²) >= 11 is 0. The van der Waals surface area contributed by atoms with E-state index >= 15 is 0 Å². The molecule has 0 fully saturated rings. The molecule has 2 N–H and O–H groups in total. The van der Waals surface area contributed by atoms with E-state index in [2.05, 4.69) is 133 Å². The Morgan fingerprint density at radius 3 is 1.10 bits per heavy atom. The minimum absolute atomic E-state index is 0.0900. The summed E-state index contributed by atoms with van der Waals surface area (Å²) in [6.45, 7) is 30.1. The third-order valence-electron chi connectivity index (χ3n) is 9.06. The van der Waals surface area contributed by atoms with Crippen LogP contribution in [0.2, 0.25) is 0 Å². The number of hydrogen-bond acceptors (Lipinski definition) is 4. The molecular formula is C44H56N2O2. The fourth-order valence-electron chi connectivity index (χ4n) is 5.97. The molecule has 0 aliphatic heterocycles. The van der Waals surface area contributed by atoms with Gasteiger partial charge >= 0.3 is 0 Å². The fraction of sp³-hybridized carbons (Fsp3) is 0.409.